The Bertz CT molecular complexity index is 1300. The fraction of sp³-hybridized carbons (Fsp3) is 0.581. The van der Waals surface area contributed by atoms with Crippen LogP contribution in [0.5, 0.6) is 5.75 Å². The van der Waals surface area contributed by atoms with Gasteiger partial charge in [-0.05, 0) is 73.8 Å². The Hall–Kier alpha value is -2.78. The number of carbonyl (C=O) groups excluding carboxylic acids is 1. The van der Waals surface area contributed by atoms with E-state index in [1.807, 2.05) is 24.3 Å². The van der Waals surface area contributed by atoms with Gasteiger partial charge in [0.25, 0.3) is 0 Å². The Balaban J connectivity index is 1.18. The van der Waals surface area contributed by atoms with Gasteiger partial charge in [-0.25, -0.2) is 14.6 Å². The van der Waals surface area contributed by atoms with E-state index in [4.69, 9.17) is 24.3 Å². The van der Waals surface area contributed by atoms with Crippen LogP contribution in [0.15, 0.2) is 42.7 Å². The summed E-state index contributed by atoms with van der Waals surface area (Å²) in [7, 11) is -1.62. The molecule has 3 aromatic rings. The molecule has 3 atom stereocenters. The van der Waals surface area contributed by atoms with Gasteiger partial charge in [-0.1, -0.05) is 52.2 Å². The summed E-state index contributed by atoms with van der Waals surface area (Å²) in [5, 5.41) is 7.53. The van der Waals surface area contributed by atoms with Crippen molar-refractivity contribution in [3.8, 4) is 5.75 Å². The zero-order chi connectivity index (χ0) is 29.5. The summed E-state index contributed by atoms with van der Waals surface area (Å²) in [6.45, 7) is 6.88. The van der Waals surface area contributed by atoms with Crippen LogP contribution in [0.2, 0.25) is 0 Å². The number of esters is 1. The van der Waals surface area contributed by atoms with E-state index in [2.05, 4.69) is 48.1 Å². The molecule has 1 aromatic carbocycles. The number of nitrogens with one attached hydrogen (secondary N) is 1. The molecule has 1 aliphatic carbocycles. The van der Waals surface area contributed by atoms with Crippen LogP contribution >= 0.6 is 8.53 Å². The third-order valence-corrected chi connectivity index (χ3v) is 9.11. The first-order valence-corrected chi connectivity index (χ1v) is 16.3. The Kier molecular flexibility index (Phi) is 10.3. The third kappa shape index (κ3) is 8.19. The normalized spacial score (nSPS) is 21.1. The fourth-order valence-electron chi connectivity index (χ4n) is 5.52. The van der Waals surface area contributed by atoms with Crippen LogP contribution in [-0.4, -0.2) is 45.9 Å². The molecule has 1 saturated carbocycles. The van der Waals surface area contributed by atoms with Gasteiger partial charge in [-0.2, -0.15) is 5.10 Å². The molecule has 0 amide bonds. The van der Waals surface area contributed by atoms with Crippen LogP contribution in [-0.2, 0) is 24.2 Å². The first-order chi connectivity index (χ1) is 20.3. The van der Waals surface area contributed by atoms with E-state index in [9.17, 15) is 4.79 Å². The van der Waals surface area contributed by atoms with Gasteiger partial charge in [0, 0.05) is 0 Å². The van der Waals surface area contributed by atoms with Crippen molar-refractivity contribution in [3.05, 3.63) is 54.0 Å². The molecule has 42 heavy (non-hydrogen) atoms. The van der Waals surface area contributed by atoms with Crippen molar-refractivity contribution in [1.82, 2.24) is 19.7 Å². The summed E-state index contributed by atoms with van der Waals surface area (Å²) < 4.78 is 26.4. The summed E-state index contributed by atoms with van der Waals surface area (Å²) in [4.78, 5) is 16.8. The predicted octanol–water partition coefficient (Wildman–Crippen LogP) is 6.40. The average Bonchev–Trinajstić information content (AvgIpc) is 3.59. The van der Waals surface area contributed by atoms with Gasteiger partial charge < -0.3 is 24.3 Å². The van der Waals surface area contributed by atoms with Gasteiger partial charge in [0.05, 0.1) is 18.4 Å². The molecule has 0 spiro atoms. The largest absolute Gasteiger partial charge is 0.461 e. The number of hydrogen-bond acceptors (Lipinski definition) is 9. The van der Waals surface area contributed by atoms with Crippen molar-refractivity contribution in [2.45, 2.75) is 102 Å². The Morgan fingerprint density at radius 3 is 2.52 bits per heavy atom. The predicted molar refractivity (Wildman–Crippen MR) is 163 cm³/mol. The van der Waals surface area contributed by atoms with Crippen molar-refractivity contribution < 1.29 is 23.3 Å². The number of rotatable bonds is 10. The second-order valence-corrected chi connectivity index (χ2v) is 13.5. The van der Waals surface area contributed by atoms with Gasteiger partial charge in [0.1, 0.15) is 36.3 Å². The van der Waals surface area contributed by atoms with Gasteiger partial charge >= 0.3 is 14.5 Å². The Labute approximate surface area is 249 Å². The monoisotopic (exact) mass is 597 g/mol. The SMILES string of the molecule is CC(C)(C)c1ccc(OP(NCC(=O)OC2CCCCCCC2)OCC2CCC(c3ccc4c(N)ncnn34)O2)cc1. The maximum atomic E-state index is 12.8. The lowest BCUT2D eigenvalue weighted by molar-refractivity contribution is -0.148. The van der Waals surface area contributed by atoms with E-state index >= 15 is 0 Å². The topological polar surface area (TPSA) is 122 Å². The molecule has 2 fully saturated rings. The number of hydrogen-bond donors (Lipinski definition) is 2. The molecule has 1 saturated heterocycles. The molecule has 11 heteroatoms. The highest BCUT2D eigenvalue weighted by molar-refractivity contribution is 7.45. The second-order valence-electron chi connectivity index (χ2n) is 12.2. The van der Waals surface area contributed by atoms with E-state index < -0.39 is 8.53 Å². The quantitative estimate of drug-likeness (QED) is 0.202. The Morgan fingerprint density at radius 1 is 1.05 bits per heavy atom. The number of nitrogen functional groups attached to an aromatic ring is 1. The van der Waals surface area contributed by atoms with Crippen LogP contribution < -0.4 is 15.3 Å². The zero-order valence-corrected chi connectivity index (χ0v) is 25.9. The number of fused-ring (bicyclic) bond motifs is 1. The van der Waals surface area contributed by atoms with Crippen molar-refractivity contribution in [3.63, 3.8) is 0 Å². The number of aromatic nitrogens is 3. The highest BCUT2D eigenvalue weighted by Gasteiger charge is 2.31. The minimum atomic E-state index is -1.62. The average molecular weight is 598 g/mol. The number of carbonyl (C=O) groups is 1. The minimum Gasteiger partial charge on any atom is -0.461 e. The first kappa shape index (κ1) is 30.7. The van der Waals surface area contributed by atoms with E-state index in [1.54, 1.807) is 4.52 Å². The molecular weight excluding hydrogens is 553 g/mol. The van der Waals surface area contributed by atoms with Gasteiger partial charge in [0.2, 0.25) is 0 Å². The molecule has 3 heterocycles. The molecule has 1 aliphatic heterocycles. The van der Waals surface area contributed by atoms with Crippen LogP contribution in [0.4, 0.5) is 5.82 Å². The summed E-state index contributed by atoms with van der Waals surface area (Å²) in [5.74, 6) is 0.839. The lowest BCUT2D eigenvalue weighted by atomic mass is 9.87. The number of nitrogens with zero attached hydrogens (tertiary/aromatic N) is 3. The highest BCUT2D eigenvalue weighted by Crippen LogP contribution is 2.39. The maximum Gasteiger partial charge on any atom is 0.320 e. The molecule has 0 bridgehead atoms. The lowest BCUT2D eigenvalue weighted by Crippen LogP contribution is -2.28. The highest BCUT2D eigenvalue weighted by atomic mass is 31.2. The van der Waals surface area contributed by atoms with Crippen molar-refractivity contribution >= 4 is 25.8 Å². The van der Waals surface area contributed by atoms with Crippen molar-refractivity contribution in [1.29, 1.82) is 0 Å². The molecular formula is C31H44N5O5P. The minimum absolute atomic E-state index is 0.00723. The molecule has 228 valence electrons. The fourth-order valence-corrected chi connectivity index (χ4v) is 6.60. The van der Waals surface area contributed by atoms with E-state index in [0.717, 1.165) is 49.7 Å². The smallest absolute Gasteiger partial charge is 0.320 e. The van der Waals surface area contributed by atoms with E-state index in [0.29, 0.717) is 18.2 Å². The van der Waals surface area contributed by atoms with Crippen molar-refractivity contribution in [2.24, 2.45) is 0 Å². The number of anilines is 1. The molecule has 2 aliphatic rings. The zero-order valence-electron chi connectivity index (χ0n) is 25.0. The standard InChI is InChI=1S/C31H44N5O5P/c1-31(2,3)22-11-13-24(14-12-22)41-42(35-19-29(37)40-23-9-7-5-4-6-8-10-23)38-20-25-15-18-28(39-25)26-16-17-27-30(32)33-21-34-36(26)27/h11-14,16-17,21,23,25,28,35H,4-10,15,18-20H2,1-3H3,(H2,32,33,34). The van der Waals surface area contributed by atoms with Crippen LogP contribution in [0.25, 0.3) is 5.52 Å². The molecule has 3 N–H and O–H groups in total. The summed E-state index contributed by atoms with van der Waals surface area (Å²) in [6.07, 6.45) is 10.6. The number of ether oxygens (including phenoxy) is 2. The summed E-state index contributed by atoms with van der Waals surface area (Å²) >= 11 is 0. The van der Waals surface area contributed by atoms with E-state index in [1.165, 1.54) is 31.2 Å². The lowest BCUT2D eigenvalue weighted by Gasteiger charge is -2.23. The van der Waals surface area contributed by atoms with Crippen LogP contribution in [0.1, 0.15) is 95.9 Å². The number of nitrogens with two attached hydrogens (primary N) is 1. The van der Waals surface area contributed by atoms with Crippen molar-refractivity contribution in [2.75, 3.05) is 18.9 Å². The van der Waals surface area contributed by atoms with Gasteiger partial charge in [-0.15, -0.1) is 0 Å². The third-order valence-electron chi connectivity index (χ3n) is 7.94. The Morgan fingerprint density at radius 2 is 1.79 bits per heavy atom. The number of benzene rings is 1. The molecule has 0 radical (unpaired) electrons. The summed E-state index contributed by atoms with van der Waals surface area (Å²) in [6, 6.07) is 11.9. The molecule has 2 aromatic heterocycles. The van der Waals surface area contributed by atoms with Gasteiger partial charge in [0.15, 0.2) is 5.82 Å². The molecule has 5 rings (SSSR count). The van der Waals surface area contributed by atoms with Crippen LogP contribution in [0.3, 0.4) is 0 Å². The second kappa shape index (κ2) is 14.1. The van der Waals surface area contributed by atoms with Gasteiger partial charge in [-0.3, -0.25) is 4.79 Å². The molecule has 10 nitrogen and oxygen atoms in total. The maximum absolute atomic E-state index is 12.8. The van der Waals surface area contributed by atoms with E-state index in [-0.39, 0.29) is 36.2 Å². The van der Waals surface area contributed by atoms with Crippen LogP contribution in [0, 0.1) is 0 Å². The molecule has 3 unspecified atom stereocenters. The first-order valence-electron chi connectivity index (χ1n) is 15.1. The summed E-state index contributed by atoms with van der Waals surface area (Å²) in [5.41, 5.74) is 8.96.